The summed E-state index contributed by atoms with van der Waals surface area (Å²) in [6, 6.07) is 8.17. The molecular formula is C14H21ClN2. The summed E-state index contributed by atoms with van der Waals surface area (Å²) in [5.74, 6) is 0. The van der Waals surface area contributed by atoms with E-state index in [2.05, 4.69) is 36.2 Å². The third kappa shape index (κ3) is 3.44. The molecule has 1 heterocycles. The Morgan fingerprint density at radius 1 is 1.47 bits per heavy atom. The number of piperazine rings is 1. The van der Waals surface area contributed by atoms with Crippen molar-refractivity contribution in [3.8, 4) is 0 Å². The monoisotopic (exact) mass is 252 g/mol. The van der Waals surface area contributed by atoms with Gasteiger partial charge in [-0.25, -0.2) is 0 Å². The molecule has 1 fully saturated rings. The normalized spacial score (nSPS) is 26.1. The summed E-state index contributed by atoms with van der Waals surface area (Å²) in [5.41, 5.74) is 1.56. The van der Waals surface area contributed by atoms with Gasteiger partial charge in [-0.05, 0) is 31.0 Å². The van der Waals surface area contributed by atoms with Crippen LogP contribution in [0.2, 0.25) is 5.02 Å². The van der Waals surface area contributed by atoms with Gasteiger partial charge in [-0.3, -0.25) is 4.90 Å². The molecule has 0 radical (unpaired) electrons. The summed E-state index contributed by atoms with van der Waals surface area (Å²) >= 11 is 6.01. The maximum Gasteiger partial charge on any atom is 0.0409 e. The van der Waals surface area contributed by atoms with Gasteiger partial charge in [0.1, 0.15) is 0 Å². The Labute approximate surface area is 109 Å². The van der Waals surface area contributed by atoms with Crippen LogP contribution in [0, 0.1) is 0 Å². The average Bonchev–Trinajstić information content (AvgIpc) is 2.29. The van der Waals surface area contributed by atoms with Crippen LogP contribution in [0.4, 0.5) is 0 Å². The van der Waals surface area contributed by atoms with Gasteiger partial charge in [-0.1, -0.05) is 30.7 Å². The standard InChI is InChI=1S/C14H21ClN2/c1-3-14(2)11-17(8-7-16-14)10-12-5-4-6-13(15)9-12/h4-6,9,16H,3,7-8,10-11H2,1-2H3. The Morgan fingerprint density at radius 2 is 2.29 bits per heavy atom. The molecular weight excluding hydrogens is 232 g/mol. The van der Waals surface area contributed by atoms with Crippen molar-refractivity contribution in [2.75, 3.05) is 19.6 Å². The second-order valence-electron chi connectivity index (χ2n) is 5.18. The molecule has 0 aromatic heterocycles. The van der Waals surface area contributed by atoms with Crippen LogP contribution >= 0.6 is 11.6 Å². The molecule has 0 saturated carbocycles. The maximum absolute atomic E-state index is 6.01. The van der Waals surface area contributed by atoms with E-state index in [1.807, 2.05) is 12.1 Å². The van der Waals surface area contributed by atoms with Crippen molar-refractivity contribution in [2.24, 2.45) is 0 Å². The van der Waals surface area contributed by atoms with Gasteiger partial charge < -0.3 is 5.32 Å². The van der Waals surface area contributed by atoms with E-state index in [1.54, 1.807) is 0 Å². The number of halogens is 1. The molecule has 1 atom stereocenters. The molecule has 17 heavy (non-hydrogen) atoms. The minimum atomic E-state index is 0.261. The fourth-order valence-corrected chi connectivity index (χ4v) is 2.62. The van der Waals surface area contributed by atoms with Crippen LogP contribution in [0.3, 0.4) is 0 Å². The van der Waals surface area contributed by atoms with Crippen molar-refractivity contribution in [2.45, 2.75) is 32.4 Å². The van der Waals surface area contributed by atoms with Gasteiger partial charge in [0, 0.05) is 36.7 Å². The van der Waals surface area contributed by atoms with Crippen molar-refractivity contribution < 1.29 is 0 Å². The van der Waals surface area contributed by atoms with Gasteiger partial charge in [0.05, 0.1) is 0 Å². The molecule has 1 saturated heterocycles. The summed E-state index contributed by atoms with van der Waals surface area (Å²) in [7, 11) is 0. The molecule has 0 bridgehead atoms. The van der Waals surface area contributed by atoms with E-state index in [9.17, 15) is 0 Å². The Kier molecular flexibility index (Phi) is 4.08. The Balaban J connectivity index is 1.99. The second-order valence-corrected chi connectivity index (χ2v) is 5.62. The number of hydrogen-bond acceptors (Lipinski definition) is 2. The largest absolute Gasteiger partial charge is 0.309 e. The number of benzene rings is 1. The molecule has 1 aliphatic heterocycles. The number of nitrogens with one attached hydrogen (secondary N) is 1. The Bertz CT molecular complexity index is 380. The highest BCUT2D eigenvalue weighted by atomic mass is 35.5. The lowest BCUT2D eigenvalue weighted by Crippen LogP contribution is -2.58. The van der Waals surface area contributed by atoms with Gasteiger partial charge in [0.25, 0.3) is 0 Å². The van der Waals surface area contributed by atoms with E-state index in [4.69, 9.17) is 11.6 Å². The molecule has 0 amide bonds. The molecule has 1 aromatic carbocycles. The van der Waals surface area contributed by atoms with E-state index in [-0.39, 0.29) is 5.54 Å². The van der Waals surface area contributed by atoms with Crippen molar-refractivity contribution in [3.05, 3.63) is 34.9 Å². The lowest BCUT2D eigenvalue weighted by Gasteiger charge is -2.41. The molecule has 0 aliphatic carbocycles. The van der Waals surface area contributed by atoms with Crippen molar-refractivity contribution in [3.63, 3.8) is 0 Å². The highest BCUT2D eigenvalue weighted by molar-refractivity contribution is 6.30. The number of nitrogens with zero attached hydrogens (tertiary/aromatic N) is 1. The topological polar surface area (TPSA) is 15.3 Å². The molecule has 1 aromatic rings. The third-order valence-electron chi connectivity index (χ3n) is 3.63. The maximum atomic E-state index is 6.01. The van der Waals surface area contributed by atoms with E-state index >= 15 is 0 Å². The summed E-state index contributed by atoms with van der Waals surface area (Å²) in [4.78, 5) is 2.51. The van der Waals surface area contributed by atoms with Crippen LogP contribution in [0.5, 0.6) is 0 Å². The molecule has 3 heteroatoms. The van der Waals surface area contributed by atoms with Gasteiger partial charge in [-0.15, -0.1) is 0 Å². The summed E-state index contributed by atoms with van der Waals surface area (Å²) in [5, 5.41) is 4.43. The van der Waals surface area contributed by atoms with Crippen molar-refractivity contribution in [1.29, 1.82) is 0 Å². The lowest BCUT2D eigenvalue weighted by atomic mass is 9.95. The van der Waals surface area contributed by atoms with Crippen LogP contribution < -0.4 is 5.32 Å². The number of rotatable bonds is 3. The zero-order valence-electron chi connectivity index (χ0n) is 10.7. The molecule has 2 nitrogen and oxygen atoms in total. The first kappa shape index (κ1) is 12.9. The van der Waals surface area contributed by atoms with Crippen LogP contribution in [-0.2, 0) is 6.54 Å². The highest BCUT2D eigenvalue weighted by Gasteiger charge is 2.28. The Morgan fingerprint density at radius 3 is 3.00 bits per heavy atom. The Hall–Kier alpha value is -0.570. The zero-order valence-corrected chi connectivity index (χ0v) is 11.4. The fourth-order valence-electron chi connectivity index (χ4n) is 2.41. The molecule has 1 aliphatic rings. The summed E-state index contributed by atoms with van der Waals surface area (Å²) < 4.78 is 0. The third-order valence-corrected chi connectivity index (χ3v) is 3.86. The van der Waals surface area contributed by atoms with E-state index in [0.29, 0.717) is 0 Å². The molecule has 0 spiro atoms. The van der Waals surface area contributed by atoms with Gasteiger partial charge in [0.2, 0.25) is 0 Å². The van der Waals surface area contributed by atoms with Crippen LogP contribution in [0.1, 0.15) is 25.8 Å². The fraction of sp³-hybridized carbons (Fsp3) is 0.571. The lowest BCUT2D eigenvalue weighted by molar-refractivity contribution is 0.133. The van der Waals surface area contributed by atoms with Gasteiger partial charge in [-0.2, -0.15) is 0 Å². The zero-order chi connectivity index (χ0) is 12.3. The first-order valence-corrected chi connectivity index (χ1v) is 6.71. The van der Waals surface area contributed by atoms with Crippen molar-refractivity contribution >= 4 is 11.6 Å². The first-order chi connectivity index (χ1) is 8.11. The molecule has 1 unspecified atom stereocenters. The molecule has 1 N–H and O–H groups in total. The summed E-state index contributed by atoms with van der Waals surface area (Å²) in [6.07, 6.45) is 1.17. The molecule has 2 rings (SSSR count). The smallest absolute Gasteiger partial charge is 0.0409 e. The van der Waals surface area contributed by atoms with Crippen LogP contribution in [0.15, 0.2) is 24.3 Å². The first-order valence-electron chi connectivity index (χ1n) is 6.33. The summed E-state index contributed by atoms with van der Waals surface area (Å²) in [6.45, 7) is 8.84. The van der Waals surface area contributed by atoms with Gasteiger partial charge in [0.15, 0.2) is 0 Å². The van der Waals surface area contributed by atoms with E-state index in [1.165, 1.54) is 12.0 Å². The van der Waals surface area contributed by atoms with Gasteiger partial charge >= 0.3 is 0 Å². The quantitative estimate of drug-likeness (QED) is 0.890. The average molecular weight is 253 g/mol. The van der Waals surface area contributed by atoms with E-state index < -0.39 is 0 Å². The highest BCUT2D eigenvalue weighted by Crippen LogP contribution is 2.18. The van der Waals surface area contributed by atoms with Crippen LogP contribution in [0.25, 0.3) is 0 Å². The predicted molar refractivity (Wildman–Crippen MR) is 73.4 cm³/mol. The van der Waals surface area contributed by atoms with Crippen LogP contribution in [-0.4, -0.2) is 30.1 Å². The minimum Gasteiger partial charge on any atom is -0.309 e. The molecule has 94 valence electrons. The SMILES string of the molecule is CCC1(C)CN(Cc2cccc(Cl)c2)CCN1. The van der Waals surface area contributed by atoms with Crippen molar-refractivity contribution in [1.82, 2.24) is 10.2 Å². The van der Waals surface area contributed by atoms with E-state index in [0.717, 1.165) is 31.2 Å². The predicted octanol–water partition coefficient (Wildman–Crippen LogP) is 2.91. The second kappa shape index (κ2) is 5.38. The number of hydrogen-bond donors (Lipinski definition) is 1. The minimum absolute atomic E-state index is 0.261.